The summed E-state index contributed by atoms with van der Waals surface area (Å²) in [7, 11) is 0. The van der Waals surface area contributed by atoms with Crippen molar-refractivity contribution in [1.82, 2.24) is 9.80 Å². The second-order valence-corrected chi connectivity index (χ2v) is 5.55. The number of rotatable bonds is 3. The van der Waals surface area contributed by atoms with Gasteiger partial charge < -0.3 is 19.6 Å². The van der Waals surface area contributed by atoms with E-state index < -0.39 is 11.5 Å². The SMILES string of the molecule is CCN(C(=O)N1CC(C)OC(C)C1)C(C)(C)C(=O)O. The van der Waals surface area contributed by atoms with Gasteiger partial charge in [-0.05, 0) is 34.6 Å². The Morgan fingerprint density at radius 2 is 1.79 bits per heavy atom. The summed E-state index contributed by atoms with van der Waals surface area (Å²) in [4.78, 5) is 26.9. The summed E-state index contributed by atoms with van der Waals surface area (Å²) >= 11 is 0. The first-order valence-electron chi connectivity index (χ1n) is 6.65. The molecule has 1 N–H and O–H groups in total. The average Bonchev–Trinajstić information content (AvgIpc) is 2.27. The van der Waals surface area contributed by atoms with E-state index in [0.717, 1.165) is 0 Å². The third-order valence-corrected chi connectivity index (χ3v) is 3.44. The van der Waals surface area contributed by atoms with Crippen molar-refractivity contribution in [3.8, 4) is 0 Å². The molecule has 0 aliphatic carbocycles. The lowest BCUT2D eigenvalue weighted by Gasteiger charge is -2.42. The zero-order chi connectivity index (χ0) is 14.8. The summed E-state index contributed by atoms with van der Waals surface area (Å²) in [5, 5.41) is 9.26. The van der Waals surface area contributed by atoms with Crippen LogP contribution in [0.3, 0.4) is 0 Å². The minimum atomic E-state index is -1.21. The van der Waals surface area contributed by atoms with E-state index in [9.17, 15) is 14.7 Å². The van der Waals surface area contributed by atoms with Gasteiger partial charge in [0.15, 0.2) is 0 Å². The quantitative estimate of drug-likeness (QED) is 0.843. The van der Waals surface area contributed by atoms with Gasteiger partial charge >= 0.3 is 12.0 Å². The normalized spacial score (nSPS) is 24.2. The number of nitrogens with zero attached hydrogens (tertiary/aromatic N) is 2. The number of carbonyl (C=O) groups excluding carboxylic acids is 1. The van der Waals surface area contributed by atoms with Crippen LogP contribution in [0.2, 0.25) is 0 Å². The lowest BCUT2D eigenvalue weighted by molar-refractivity contribution is -0.148. The first kappa shape index (κ1) is 15.8. The number of urea groups is 1. The van der Waals surface area contributed by atoms with E-state index in [1.165, 1.54) is 4.90 Å². The van der Waals surface area contributed by atoms with Crippen molar-refractivity contribution in [2.75, 3.05) is 19.6 Å². The molecule has 2 atom stereocenters. The minimum absolute atomic E-state index is 0.0284. The molecule has 1 rings (SSSR count). The van der Waals surface area contributed by atoms with Crippen LogP contribution in [0.1, 0.15) is 34.6 Å². The number of hydrogen-bond acceptors (Lipinski definition) is 3. The largest absolute Gasteiger partial charge is 0.480 e. The molecule has 0 aromatic carbocycles. The third kappa shape index (κ3) is 3.37. The fraction of sp³-hybridized carbons (Fsp3) is 0.846. The highest BCUT2D eigenvalue weighted by Crippen LogP contribution is 2.19. The molecule has 0 bridgehead atoms. The van der Waals surface area contributed by atoms with Crippen LogP contribution in [0.5, 0.6) is 0 Å². The second kappa shape index (κ2) is 5.77. The third-order valence-electron chi connectivity index (χ3n) is 3.44. The number of carboxylic acid groups (broad SMARTS) is 1. The van der Waals surface area contributed by atoms with Gasteiger partial charge in [-0.15, -0.1) is 0 Å². The number of hydrogen-bond donors (Lipinski definition) is 1. The van der Waals surface area contributed by atoms with Crippen molar-refractivity contribution in [2.24, 2.45) is 0 Å². The molecule has 19 heavy (non-hydrogen) atoms. The maximum absolute atomic E-state index is 12.5. The van der Waals surface area contributed by atoms with E-state index in [2.05, 4.69) is 0 Å². The summed E-state index contributed by atoms with van der Waals surface area (Å²) in [6, 6.07) is -0.239. The maximum Gasteiger partial charge on any atom is 0.329 e. The van der Waals surface area contributed by atoms with E-state index in [1.54, 1.807) is 25.7 Å². The van der Waals surface area contributed by atoms with Gasteiger partial charge in [-0.1, -0.05) is 0 Å². The maximum atomic E-state index is 12.5. The van der Waals surface area contributed by atoms with Crippen LogP contribution < -0.4 is 0 Å². The van der Waals surface area contributed by atoms with Gasteiger partial charge in [-0.2, -0.15) is 0 Å². The van der Waals surface area contributed by atoms with Crippen molar-refractivity contribution in [3.05, 3.63) is 0 Å². The lowest BCUT2D eigenvalue weighted by Crippen LogP contribution is -2.60. The summed E-state index contributed by atoms with van der Waals surface area (Å²) in [6.45, 7) is 10.1. The molecular weight excluding hydrogens is 248 g/mol. The number of likely N-dealkylation sites (N-methyl/N-ethyl adjacent to an activating group) is 1. The Morgan fingerprint density at radius 3 is 2.16 bits per heavy atom. The van der Waals surface area contributed by atoms with E-state index >= 15 is 0 Å². The van der Waals surface area contributed by atoms with E-state index in [-0.39, 0.29) is 18.2 Å². The Bertz CT molecular complexity index is 347. The fourth-order valence-electron chi connectivity index (χ4n) is 2.39. The zero-order valence-electron chi connectivity index (χ0n) is 12.3. The van der Waals surface area contributed by atoms with Crippen LogP contribution in [0, 0.1) is 0 Å². The summed E-state index contributed by atoms with van der Waals surface area (Å²) in [5.41, 5.74) is -1.21. The Hall–Kier alpha value is -1.30. The van der Waals surface area contributed by atoms with Crippen molar-refractivity contribution < 1.29 is 19.4 Å². The number of carboxylic acids is 1. The first-order chi connectivity index (χ1) is 8.70. The molecule has 0 saturated carbocycles. The van der Waals surface area contributed by atoms with Crippen LogP contribution in [0.4, 0.5) is 4.79 Å². The Morgan fingerprint density at radius 1 is 1.32 bits per heavy atom. The summed E-state index contributed by atoms with van der Waals surface area (Å²) in [5.74, 6) is -1.00. The Kier molecular flexibility index (Phi) is 4.79. The molecule has 0 radical (unpaired) electrons. The predicted molar refractivity (Wildman–Crippen MR) is 71.1 cm³/mol. The van der Waals surface area contributed by atoms with Crippen molar-refractivity contribution in [1.29, 1.82) is 0 Å². The molecule has 0 spiro atoms. The molecule has 6 nitrogen and oxygen atoms in total. The molecule has 1 aliphatic rings. The summed E-state index contributed by atoms with van der Waals surface area (Å²) < 4.78 is 5.58. The number of amides is 2. The molecule has 2 unspecified atom stereocenters. The van der Waals surface area contributed by atoms with Gasteiger partial charge in [0.2, 0.25) is 0 Å². The highest BCUT2D eigenvalue weighted by atomic mass is 16.5. The second-order valence-electron chi connectivity index (χ2n) is 5.55. The van der Waals surface area contributed by atoms with Gasteiger partial charge in [0, 0.05) is 19.6 Å². The molecule has 1 heterocycles. The number of aliphatic carboxylic acids is 1. The molecule has 2 amide bonds. The van der Waals surface area contributed by atoms with E-state index in [1.807, 2.05) is 13.8 Å². The Labute approximate surface area is 114 Å². The van der Waals surface area contributed by atoms with Gasteiger partial charge in [-0.3, -0.25) is 0 Å². The van der Waals surface area contributed by atoms with Crippen molar-refractivity contribution >= 4 is 12.0 Å². The highest BCUT2D eigenvalue weighted by Gasteiger charge is 2.40. The lowest BCUT2D eigenvalue weighted by atomic mass is 10.0. The van der Waals surface area contributed by atoms with Crippen molar-refractivity contribution in [2.45, 2.75) is 52.4 Å². The number of morpholine rings is 1. The van der Waals surface area contributed by atoms with Gasteiger partial charge in [-0.25, -0.2) is 9.59 Å². The van der Waals surface area contributed by atoms with Crippen LogP contribution in [-0.2, 0) is 9.53 Å². The van der Waals surface area contributed by atoms with E-state index in [0.29, 0.717) is 19.6 Å². The van der Waals surface area contributed by atoms with Crippen LogP contribution in [-0.4, -0.2) is 64.3 Å². The zero-order valence-corrected chi connectivity index (χ0v) is 12.3. The van der Waals surface area contributed by atoms with Crippen LogP contribution in [0.25, 0.3) is 0 Å². The van der Waals surface area contributed by atoms with Gasteiger partial charge in [0.25, 0.3) is 0 Å². The summed E-state index contributed by atoms with van der Waals surface area (Å²) in [6.07, 6.45) is -0.0568. The van der Waals surface area contributed by atoms with Crippen LogP contribution in [0.15, 0.2) is 0 Å². The molecule has 1 saturated heterocycles. The standard InChI is InChI=1S/C13H24N2O4/c1-6-15(13(4,5)11(16)17)12(18)14-7-9(2)19-10(3)8-14/h9-10H,6-8H2,1-5H3,(H,16,17). The predicted octanol–water partition coefficient (Wildman–Crippen LogP) is 1.40. The van der Waals surface area contributed by atoms with Crippen molar-refractivity contribution in [3.63, 3.8) is 0 Å². The van der Waals surface area contributed by atoms with Gasteiger partial charge in [0.1, 0.15) is 5.54 Å². The average molecular weight is 272 g/mol. The van der Waals surface area contributed by atoms with Gasteiger partial charge in [0.05, 0.1) is 12.2 Å². The molecular formula is C13H24N2O4. The molecule has 1 aliphatic heterocycles. The molecule has 0 aromatic heterocycles. The molecule has 6 heteroatoms. The van der Waals surface area contributed by atoms with E-state index in [4.69, 9.17) is 4.74 Å². The molecule has 0 aromatic rings. The molecule has 110 valence electrons. The fourth-order valence-corrected chi connectivity index (χ4v) is 2.39. The molecule has 1 fully saturated rings. The number of carbonyl (C=O) groups is 2. The monoisotopic (exact) mass is 272 g/mol. The number of ether oxygens (including phenoxy) is 1. The highest BCUT2D eigenvalue weighted by molar-refractivity contribution is 5.85. The topological polar surface area (TPSA) is 70.1 Å². The smallest absolute Gasteiger partial charge is 0.329 e. The first-order valence-corrected chi connectivity index (χ1v) is 6.65. The Balaban J connectivity index is 2.87. The minimum Gasteiger partial charge on any atom is -0.480 e. The van der Waals surface area contributed by atoms with Crippen LogP contribution >= 0.6 is 0 Å².